The molecule has 3 N–H and O–H groups in total. The molecule has 0 fully saturated rings. The third kappa shape index (κ3) is 3.52. The molecule has 25 heavy (non-hydrogen) atoms. The Kier molecular flexibility index (Phi) is 5.06. The number of amides is 2. The van der Waals surface area contributed by atoms with Crippen molar-refractivity contribution in [3.63, 3.8) is 0 Å². The number of aliphatic hydroxyl groups is 1. The zero-order chi connectivity index (χ0) is 17.9. The topological polar surface area (TPSA) is 70.6 Å². The van der Waals surface area contributed by atoms with Gasteiger partial charge in [0.2, 0.25) is 0 Å². The van der Waals surface area contributed by atoms with Crippen molar-refractivity contribution in [3.05, 3.63) is 65.2 Å². The predicted molar refractivity (Wildman–Crippen MR) is 97.5 cm³/mol. The van der Waals surface area contributed by atoms with Crippen molar-refractivity contribution < 1.29 is 14.6 Å². The maximum Gasteiger partial charge on any atom is 0.320 e. The minimum atomic E-state index is -0.724. The summed E-state index contributed by atoms with van der Waals surface area (Å²) >= 11 is 0. The van der Waals surface area contributed by atoms with Crippen molar-refractivity contribution in [2.24, 2.45) is 0 Å². The highest BCUT2D eigenvalue weighted by molar-refractivity contribution is 5.90. The Bertz CT molecular complexity index is 762. The van der Waals surface area contributed by atoms with E-state index in [4.69, 9.17) is 4.74 Å². The monoisotopic (exact) mass is 340 g/mol. The van der Waals surface area contributed by atoms with Gasteiger partial charge in [-0.2, -0.15) is 0 Å². The zero-order valence-electron chi connectivity index (χ0n) is 14.6. The Labute approximate surface area is 148 Å². The molecular weight excluding hydrogens is 316 g/mol. The molecule has 0 aromatic heterocycles. The van der Waals surface area contributed by atoms with Crippen molar-refractivity contribution >= 4 is 11.7 Å². The second-order valence-electron chi connectivity index (χ2n) is 6.48. The molecule has 2 aromatic rings. The van der Waals surface area contributed by atoms with E-state index >= 15 is 0 Å². The number of benzene rings is 2. The largest absolute Gasteiger partial charge is 0.394 e. The Morgan fingerprint density at radius 1 is 1.28 bits per heavy atom. The lowest BCUT2D eigenvalue weighted by atomic mass is 9.93. The van der Waals surface area contributed by atoms with E-state index < -0.39 is 5.54 Å². The Balaban J connectivity index is 1.74. The first kappa shape index (κ1) is 17.5. The van der Waals surface area contributed by atoms with Crippen LogP contribution in [0.5, 0.6) is 0 Å². The molecule has 5 nitrogen and oxygen atoms in total. The molecular formula is C20H24N2O3. The molecule has 2 atom stereocenters. The number of nitrogens with one attached hydrogen (secondary N) is 2. The van der Waals surface area contributed by atoms with Gasteiger partial charge in [0.15, 0.2) is 0 Å². The molecule has 0 aliphatic heterocycles. The van der Waals surface area contributed by atoms with Crippen LogP contribution < -0.4 is 10.6 Å². The first-order chi connectivity index (χ1) is 12.1. The van der Waals surface area contributed by atoms with E-state index in [1.807, 2.05) is 55.5 Å². The zero-order valence-corrected chi connectivity index (χ0v) is 14.6. The van der Waals surface area contributed by atoms with Gasteiger partial charge >= 0.3 is 6.03 Å². The van der Waals surface area contributed by atoms with Gasteiger partial charge in [-0.25, -0.2) is 4.79 Å². The van der Waals surface area contributed by atoms with Crippen LogP contribution in [-0.2, 0) is 16.7 Å². The predicted octanol–water partition coefficient (Wildman–Crippen LogP) is 3.35. The Hall–Kier alpha value is -2.37. The number of hydrogen-bond acceptors (Lipinski definition) is 3. The lowest BCUT2D eigenvalue weighted by molar-refractivity contribution is 0.119. The van der Waals surface area contributed by atoms with Crippen LogP contribution >= 0.6 is 0 Å². The molecule has 0 radical (unpaired) electrons. The number of hydrogen-bond donors (Lipinski definition) is 3. The summed E-state index contributed by atoms with van der Waals surface area (Å²) in [6.45, 7) is 1.83. The average molecular weight is 340 g/mol. The third-order valence-corrected chi connectivity index (χ3v) is 4.94. The number of rotatable bonds is 5. The van der Waals surface area contributed by atoms with Crippen molar-refractivity contribution in [1.82, 2.24) is 5.32 Å². The standard InChI is InChI=1S/C20H24N2O3/c1-14(25-2)16-7-5-8-17(12-16)21-19(24)22-20(13-23)11-10-15-6-3-4-9-18(15)20/h3-9,12,14,23H,10-11,13H2,1-2H3,(H2,21,22,24). The summed E-state index contributed by atoms with van der Waals surface area (Å²) in [6, 6.07) is 15.2. The van der Waals surface area contributed by atoms with E-state index in [9.17, 15) is 9.90 Å². The molecule has 0 spiro atoms. The van der Waals surface area contributed by atoms with Gasteiger partial charge in [-0.1, -0.05) is 36.4 Å². The minimum Gasteiger partial charge on any atom is -0.394 e. The lowest BCUT2D eigenvalue weighted by Gasteiger charge is -2.29. The molecule has 3 rings (SSSR count). The number of urea groups is 1. The van der Waals surface area contributed by atoms with Crippen LogP contribution in [0.4, 0.5) is 10.5 Å². The molecule has 0 saturated heterocycles. The first-order valence-corrected chi connectivity index (χ1v) is 8.49. The number of carbonyl (C=O) groups is 1. The summed E-state index contributed by atoms with van der Waals surface area (Å²) in [5.74, 6) is 0. The highest BCUT2D eigenvalue weighted by Gasteiger charge is 2.39. The second-order valence-corrected chi connectivity index (χ2v) is 6.48. The summed E-state index contributed by atoms with van der Waals surface area (Å²) in [7, 11) is 1.65. The fraction of sp³-hybridized carbons (Fsp3) is 0.350. The van der Waals surface area contributed by atoms with Crippen LogP contribution in [0.3, 0.4) is 0 Å². The van der Waals surface area contributed by atoms with Crippen molar-refractivity contribution in [2.75, 3.05) is 19.0 Å². The average Bonchev–Trinajstić information content (AvgIpc) is 3.00. The van der Waals surface area contributed by atoms with E-state index in [0.717, 1.165) is 17.5 Å². The SMILES string of the molecule is COC(C)c1cccc(NC(=O)NC2(CO)CCc3ccccc32)c1. The van der Waals surface area contributed by atoms with Gasteiger partial charge < -0.3 is 20.5 Å². The molecule has 2 unspecified atom stereocenters. The number of methoxy groups -OCH3 is 1. The van der Waals surface area contributed by atoms with Gasteiger partial charge in [-0.3, -0.25) is 0 Å². The van der Waals surface area contributed by atoms with E-state index in [1.165, 1.54) is 5.56 Å². The highest BCUT2D eigenvalue weighted by Crippen LogP contribution is 2.36. The van der Waals surface area contributed by atoms with Crippen LogP contribution in [0, 0.1) is 0 Å². The smallest absolute Gasteiger partial charge is 0.320 e. The summed E-state index contributed by atoms with van der Waals surface area (Å²) in [5.41, 5.74) is 3.13. The molecule has 0 saturated carbocycles. The van der Waals surface area contributed by atoms with Gasteiger partial charge in [-0.05, 0) is 48.6 Å². The molecule has 0 bridgehead atoms. The van der Waals surface area contributed by atoms with Crippen molar-refractivity contribution in [3.8, 4) is 0 Å². The fourth-order valence-corrected chi connectivity index (χ4v) is 3.41. The van der Waals surface area contributed by atoms with Gasteiger partial charge in [0, 0.05) is 12.8 Å². The van der Waals surface area contributed by atoms with E-state index in [0.29, 0.717) is 12.1 Å². The summed E-state index contributed by atoms with van der Waals surface area (Å²) in [6.07, 6.45) is 1.49. The van der Waals surface area contributed by atoms with E-state index in [1.54, 1.807) is 7.11 Å². The number of carbonyl (C=O) groups excluding carboxylic acids is 1. The summed E-state index contributed by atoms with van der Waals surface area (Å²) < 4.78 is 5.31. The highest BCUT2D eigenvalue weighted by atomic mass is 16.5. The Morgan fingerprint density at radius 3 is 2.84 bits per heavy atom. The van der Waals surface area contributed by atoms with Crippen molar-refractivity contribution in [2.45, 2.75) is 31.4 Å². The molecule has 0 heterocycles. The van der Waals surface area contributed by atoms with E-state index in [-0.39, 0.29) is 18.7 Å². The summed E-state index contributed by atoms with van der Waals surface area (Å²) in [4.78, 5) is 12.5. The quantitative estimate of drug-likeness (QED) is 0.782. The number of ether oxygens (including phenoxy) is 1. The van der Waals surface area contributed by atoms with Crippen LogP contribution in [0.25, 0.3) is 0 Å². The summed E-state index contributed by atoms with van der Waals surface area (Å²) in [5, 5.41) is 15.8. The second kappa shape index (κ2) is 7.25. The van der Waals surface area contributed by atoms with E-state index in [2.05, 4.69) is 10.6 Å². The van der Waals surface area contributed by atoms with Crippen molar-refractivity contribution in [1.29, 1.82) is 0 Å². The maximum atomic E-state index is 12.5. The van der Waals surface area contributed by atoms with Gasteiger partial charge in [0.25, 0.3) is 0 Å². The van der Waals surface area contributed by atoms with Gasteiger partial charge in [0.1, 0.15) is 0 Å². The maximum absolute atomic E-state index is 12.5. The van der Waals surface area contributed by atoms with Gasteiger partial charge in [-0.15, -0.1) is 0 Å². The fourth-order valence-electron chi connectivity index (χ4n) is 3.41. The van der Waals surface area contributed by atoms with Crippen LogP contribution in [0.15, 0.2) is 48.5 Å². The molecule has 1 aliphatic carbocycles. The molecule has 5 heteroatoms. The molecule has 2 aromatic carbocycles. The number of aryl methyl sites for hydroxylation is 1. The first-order valence-electron chi connectivity index (χ1n) is 8.49. The van der Waals surface area contributed by atoms with Gasteiger partial charge in [0.05, 0.1) is 18.2 Å². The number of anilines is 1. The molecule has 1 aliphatic rings. The molecule has 132 valence electrons. The van der Waals surface area contributed by atoms with Crippen LogP contribution in [0.1, 0.15) is 36.1 Å². The van der Waals surface area contributed by atoms with Crippen LogP contribution in [-0.4, -0.2) is 24.9 Å². The Morgan fingerprint density at radius 2 is 2.08 bits per heavy atom. The minimum absolute atomic E-state index is 0.0460. The van der Waals surface area contributed by atoms with Crippen LogP contribution in [0.2, 0.25) is 0 Å². The molecule has 2 amide bonds. The normalized spacial score (nSPS) is 20.0. The number of aliphatic hydroxyl groups excluding tert-OH is 1. The number of fused-ring (bicyclic) bond motifs is 1. The third-order valence-electron chi connectivity index (χ3n) is 4.94. The lowest BCUT2D eigenvalue weighted by Crippen LogP contribution is -2.48.